The quantitative estimate of drug-likeness (QED) is 0.233. The number of amidine groups is 1. The first kappa shape index (κ1) is 22.7. The minimum atomic E-state index is -3.85. The summed E-state index contributed by atoms with van der Waals surface area (Å²) in [5, 5.41) is 16.7. The van der Waals surface area contributed by atoms with Crippen molar-refractivity contribution >= 4 is 27.6 Å². The summed E-state index contributed by atoms with van der Waals surface area (Å²) in [4.78, 5) is 17.1. The molecule has 0 aliphatic heterocycles. The van der Waals surface area contributed by atoms with Crippen LogP contribution in [0.5, 0.6) is 0 Å². The third kappa shape index (κ3) is 4.41. The van der Waals surface area contributed by atoms with Crippen LogP contribution in [0.1, 0.15) is 16.7 Å². The fourth-order valence-electron chi connectivity index (χ4n) is 3.13. The van der Waals surface area contributed by atoms with E-state index < -0.39 is 15.6 Å². The number of sulfonamides is 1. The number of aryl methyl sites for hydroxylation is 2. The first-order valence-corrected chi connectivity index (χ1v) is 12.0. The topological polar surface area (TPSA) is 131 Å². The van der Waals surface area contributed by atoms with Gasteiger partial charge in [-0.1, -0.05) is 6.07 Å². The molecule has 2 aromatic carbocycles. The fraction of sp³-hybridized carbons (Fsp3) is 0.190. The van der Waals surface area contributed by atoms with E-state index in [4.69, 9.17) is 10.5 Å². The molecule has 8 nitrogen and oxygen atoms in total. The standard InChI is InChI=1S/C21H23N5O3S2/c1-12-5-8-15(11-13(12)2)26-19(14-6-9-16(10-7-14)31(23,28)29)25-20(27)17(18(22)24-3)21(26)30-4/h5-11H,1-4H3,(H2,22,24)(H2,23,28,29). The van der Waals surface area contributed by atoms with E-state index in [9.17, 15) is 13.2 Å². The number of aromatic nitrogens is 2. The monoisotopic (exact) mass is 457 g/mol. The number of nitrogens with two attached hydrogens (primary N) is 1. The zero-order chi connectivity index (χ0) is 22.9. The Hall–Kier alpha value is -2.95. The molecular weight excluding hydrogens is 434 g/mol. The third-order valence-corrected chi connectivity index (χ3v) is 6.64. The first-order chi connectivity index (χ1) is 14.6. The van der Waals surface area contributed by atoms with Crippen LogP contribution >= 0.6 is 11.8 Å². The summed E-state index contributed by atoms with van der Waals surface area (Å²) >= 11 is 1.33. The number of hydrogen-bond donors (Lipinski definition) is 3. The lowest BCUT2D eigenvalue weighted by atomic mass is 10.1. The molecule has 0 saturated carbocycles. The molecule has 1 aromatic heterocycles. The van der Waals surface area contributed by atoms with Gasteiger partial charge in [-0.3, -0.25) is 14.8 Å². The summed E-state index contributed by atoms with van der Waals surface area (Å²) in [6.07, 6.45) is 1.83. The summed E-state index contributed by atoms with van der Waals surface area (Å²) in [5.74, 6) is 0.307. The van der Waals surface area contributed by atoms with E-state index in [1.165, 1.54) is 23.9 Å². The molecule has 0 aliphatic carbocycles. The lowest BCUT2D eigenvalue weighted by Crippen LogP contribution is -2.31. The van der Waals surface area contributed by atoms with Gasteiger partial charge in [-0.25, -0.2) is 13.6 Å². The number of thioether (sulfide) groups is 1. The lowest BCUT2D eigenvalue weighted by molar-refractivity contribution is 0.598. The summed E-state index contributed by atoms with van der Waals surface area (Å²) in [7, 11) is -2.27. The van der Waals surface area contributed by atoms with Crippen molar-refractivity contribution in [2.45, 2.75) is 23.8 Å². The van der Waals surface area contributed by atoms with Crippen molar-refractivity contribution in [3.63, 3.8) is 0 Å². The maximum Gasteiger partial charge on any atom is 0.285 e. The van der Waals surface area contributed by atoms with Crippen molar-refractivity contribution in [3.8, 4) is 17.1 Å². The van der Waals surface area contributed by atoms with Gasteiger partial charge in [-0.2, -0.15) is 4.98 Å². The molecule has 0 amide bonds. The number of hydrogen-bond acceptors (Lipinski definition) is 6. The largest absolute Gasteiger partial charge is 0.373 e. The van der Waals surface area contributed by atoms with Crippen molar-refractivity contribution in [1.82, 2.24) is 14.9 Å². The normalized spacial score (nSPS) is 11.4. The van der Waals surface area contributed by atoms with Crippen LogP contribution in [0.3, 0.4) is 0 Å². The maximum atomic E-state index is 12.9. The minimum absolute atomic E-state index is 0.0319. The van der Waals surface area contributed by atoms with Gasteiger partial charge in [0.15, 0.2) is 0 Å². The number of primary sulfonamides is 1. The van der Waals surface area contributed by atoms with E-state index in [1.54, 1.807) is 19.2 Å². The van der Waals surface area contributed by atoms with Gasteiger partial charge in [0.1, 0.15) is 17.2 Å². The van der Waals surface area contributed by atoms with Crippen molar-refractivity contribution in [3.05, 3.63) is 69.5 Å². The van der Waals surface area contributed by atoms with E-state index in [1.807, 2.05) is 42.9 Å². The fourth-order valence-corrected chi connectivity index (χ4v) is 4.41. The predicted octanol–water partition coefficient (Wildman–Crippen LogP) is 2.43. The Morgan fingerprint density at radius 2 is 1.77 bits per heavy atom. The average Bonchev–Trinajstić information content (AvgIpc) is 2.73. The van der Waals surface area contributed by atoms with Crippen molar-refractivity contribution < 1.29 is 8.42 Å². The SMILES string of the molecule is CNC(=N)c1c(SC)n(-c2ccc(C)c(C)c2)c(-c2ccc(S(N)(=O)=O)cc2)nc1=O. The Balaban J connectivity index is 2.40. The third-order valence-electron chi connectivity index (χ3n) is 4.93. The highest BCUT2D eigenvalue weighted by Crippen LogP contribution is 2.30. The second kappa shape index (κ2) is 8.66. The molecule has 162 valence electrons. The van der Waals surface area contributed by atoms with Crippen LogP contribution in [0.2, 0.25) is 0 Å². The average molecular weight is 458 g/mol. The molecule has 0 bridgehead atoms. The molecule has 3 rings (SSSR count). The molecule has 0 saturated heterocycles. The van der Waals surface area contributed by atoms with Crippen LogP contribution in [-0.4, -0.2) is 37.1 Å². The summed E-state index contributed by atoms with van der Waals surface area (Å²) in [6.45, 7) is 4.00. The number of nitrogens with zero attached hydrogens (tertiary/aromatic N) is 2. The molecule has 0 fully saturated rings. The molecule has 1 heterocycles. The second-order valence-electron chi connectivity index (χ2n) is 6.92. The highest BCUT2D eigenvalue weighted by molar-refractivity contribution is 7.98. The lowest BCUT2D eigenvalue weighted by Gasteiger charge is -2.21. The van der Waals surface area contributed by atoms with Crippen molar-refractivity contribution in [2.24, 2.45) is 5.14 Å². The molecule has 0 spiro atoms. The van der Waals surface area contributed by atoms with E-state index in [0.29, 0.717) is 16.4 Å². The summed E-state index contributed by atoms with van der Waals surface area (Å²) in [6, 6.07) is 11.8. The Morgan fingerprint density at radius 1 is 1.13 bits per heavy atom. The maximum absolute atomic E-state index is 12.9. The highest BCUT2D eigenvalue weighted by atomic mass is 32.2. The van der Waals surface area contributed by atoms with Gasteiger partial charge < -0.3 is 5.32 Å². The van der Waals surface area contributed by atoms with Crippen LogP contribution in [0.4, 0.5) is 0 Å². The number of benzene rings is 2. The van der Waals surface area contributed by atoms with Gasteiger partial charge in [0.25, 0.3) is 5.56 Å². The minimum Gasteiger partial charge on any atom is -0.373 e. The van der Waals surface area contributed by atoms with Gasteiger partial charge in [0, 0.05) is 18.3 Å². The van der Waals surface area contributed by atoms with E-state index in [0.717, 1.165) is 16.8 Å². The molecule has 0 atom stereocenters. The predicted molar refractivity (Wildman–Crippen MR) is 124 cm³/mol. The van der Waals surface area contributed by atoms with Crippen molar-refractivity contribution in [2.75, 3.05) is 13.3 Å². The van der Waals surface area contributed by atoms with Gasteiger partial charge >= 0.3 is 0 Å². The summed E-state index contributed by atoms with van der Waals surface area (Å²) in [5.41, 5.74) is 3.11. The Labute approximate surface area is 185 Å². The van der Waals surface area contributed by atoms with Crippen LogP contribution in [0, 0.1) is 19.3 Å². The highest BCUT2D eigenvalue weighted by Gasteiger charge is 2.22. The number of rotatable bonds is 5. The first-order valence-electron chi connectivity index (χ1n) is 9.27. The van der Waals surface area contributed by atoms with Gasteiger partial charge in [0.05, 0.1) is 9.92 Å². The molecule has 4 N–H and O–H groups in total. The van der Waals surface area contributed by atoms with Crippen LogP contribution in [0.25, 0.3) is 17.1 Å². The van der Waals surface area contributed by atoms with Crippen LogP contribution in [0.15, 0.2) is 57.2 Å². The molecule has 0 radical (unpaired) electrons. The zero-order valence-electron chi connectivity index (χ0n) is 17.6. The Kier molecular flexibility index (Phi) is 6.35. The Bertz CT molecular complexity index is 1330. The molecule has 3 aromatic rings. The second-order valence-corrected chi connectivity index (χ2v) is 9.28. The molecule has 0 unspecified atom stereocenters. The molecule has 10 heteroatoms. The van der Waals surface area contributed by atoms with E-state index in [-0.39, 0.29) is 16.3 Å². The molecular formula is C21H23N5O3S2. The smallest absolute Gasteiger partial charge is 0.285 e. The van der Waals surface area contributed by atoms with E-state index in [2.05, 4.69) is 10.3 Å². The van der Waals surface area contributed by atoms with Crippen LogP contribution in [-0.2, 0) is 10.0 Å². The zero-order valence-corrected chi connectivity index (χ0v) is 19.2. The molecule has 31 heavy (non-hydrogen) atoms. The Morgan fingerprint density at radius 3 is 2.29 bits per heavy atom. The van der Waals surface area contributed by atoms with Gasteiger partial charge in [0.2, 0.25) is 10.0 Å². The van der Waals surface area contributed by atoms with Crippen molar-refractivity contribution in [1.29, 1.82) is 5.41 Å². The summed E-state index contributed by atoms with van der Waals surface area (Å²) < 4.78 is 25.0. The molecule has 0 aliphatic rings. The van der Waals surface area contributed by atoms with Gasteiger partial charge in [-0.05, 0) is 67.6 Å². The van der Waals surface area contributed by atoms with Gasteiger partial charge in [-0.15, -0.1) is 11.8 Å². The number of nitrogens with one attached hydrogen (secondary N) is 2. The van der Waals surface area contributed by atoms with E-state index >= 15 is 0 Å². The van der Waals surface area contributed by atoms with Crippen LogP contribution < -0.4 is 16.0 Å².